The lowest BCUT2D eigenvalue weighted by Gasteiger charge is -2.39. The third-order valence-electron chi connectivity index (χ3n) is 5.75. The summed E-state index contributed by atoms with van der Waals surface area (Å²) < 4.78 is 10.6. The molecular formula is C24H31N3O4. The van der Waals surface area contributed by atoms with Crippen LogP contribution in [0.1, 0.15) is 30.9 Å². The largest absolute Gasteiger partial charge is 0.497 e. The molecule has 0 aromatic heterocycles. The van der Waals surface area contributed by atoms with Crippen molar-refractivity contribution in [1.29, 1.82) is 0 Å². The Labute approximate surface area is 183 Å². The van der Waals surface area contributed by atoms with Crippen LogP contribution in [0.3, 0.4) is 0 Å². The van der Waals surface area contributed by atoms with Crippen LogP contribution in [-0.4, -0.2) is 44.1 Å². The molecule has 1 aliphatic heterocycles. The van der Waals surface area contributed by atoms with E-state index in [2.05, 4.69) is 10.6 Å². The molecule has 2 aromatic rings. The lowest BCUT2D eigenvalue weighted by atomic mass is 9.81. The minimum atomic E-state index is -0.640. The fourth-order valence-corrected chi connectivity index (χ4v) is 3.81. The topological polar surface area (TPSA) is 79.9 Å². The third-order valence-corrected chi connectivity index (χ3v) is 5.75. The first kappa shape index (κ1) is 22.5. The SMILES string of the molecule is COc1ccc(OC)c(NC(=O)N2CCC[C@@](C)(C(=O)NCc3ccc(C)cc3)C2)c1. The monoisotopic (exact) mass is 425 g/mol. The molecule has 0 unspecified atom stereocenters. The molecule has 0 spiro atoms. The van der Waals surface area contributed by atoms with E-state index in [0.29, 0.717) is 36.8 Å². The van der Waals surface area contributed by atoms with Gasteiger partial charge in [-0.3, -0.25) is 4.79 Å². The lowest BCUT2D eigenvalue weighted by molar-refractivity contribution is -0.132. The van der Waals surface area contributed by atoms with E-state index >= 15 is 0 Å². The van der Waals surface area contributed by atoms with Gasteiger partial charge < -0.3 is 25.0 Å². The van der Waals surface area contributed by atoms with Crippen molar-refractivity contribution in [3.8, 4) is 11.5 Å². The number of ether oxygens (including phenoxy) is 2. The van der Waals surface area contributed by atoms with Crippen molar-refractivity contribution in [2.24, 2.45) is 5.41 Å². The van der Waals surface area contributed by atoms with Crippen LogP contribution in [0.25, 0.3) is 0 Å². The summed E-state index contributed by atoms with van der Waals surface area (Å²) in [5, 5.41) is 5.93. The third kappa shape index (κ3) is 5.48. The van der Waals surface area contributed by atoms with E-state index in [0.717, 1.165) is 18.4 Å². The molecule has 3 amide bonds. The Bertz CT molecular complexity index is 929. The van der Waals surface area contributed by atoms with Gasteiger partial charge in [-0.15, -0.1) is 0 Å². The zero-order chi connectivity index (χ0) is 22.4. The van der Waals surface area contributed by atoms with E-state index in [1.54, 1.807) is 37.3 Å². The Kier molecular flexibility index (Phi) is 7.05. The summed E-state index contributed by atoms with van der Waals surface area (Å²) in [5.41, 5.74) is 2.13. The molecule has 1 aliphatic rings. The molecule has 0 radical (unpaired) electrons. The Morgan fingerprint density at radius 3 is 2.52 bits per heavy atom. The number of carbonyl (C=O) groups excluding carboxylic acids is 2. The Hall–Kier alpha value is -3.22. The summed E-state index contributed by atoms with van der Waals surface area (Å²) in [5.74, 6) is 1.13. The first-order valence-electron chi connectivity index (χ1n) is 10.5. The first-order valence-corrected chi connectivity index (χ1v) is 10.5. The first-order chi connectivity index (χ1) is 14.8. The van der Waals surface area contributed by atoms with E-state index in [1.165, 1.54) is 5.56 Å². The number of carbonyl (C=O) groups is 2. The smallest absolute Gasteiger partial charge is 0.321 e. The number of urea groups is 1. The van der Waals surface area contributed by atoms with Crippen LogP contribution in [-0.2, 0) is 11.3 Å². The van der Waals surface area contributed by atoms with E-state index in [-0.39, 0.29) is 11.9 Å². The van der Waals surface area contributed by atoms with Crippen LogP contribution < -0.4 is 20.1 Å². The number of hydrogen-bond acceptors (Lipinski definition) is 4. The van der Waals surface area contributed by atoms with Crippen LogP contribution in [0.5, 0.6) is 11.5 Å². The molecule has 3 rings (SSSR count). The van der Waals surface area contributed by atoms with Crippen molar-refractivity contribution >= 4 is 17.6 Å². The average Bonchev–Trinajstić information content (AvgIpc) is 2.78. The van der Waals surface area contributed by atoms with Gasteiger partial charge in [-0.05, 0) is 44.4 Å². The van der Waals surface area contributed by atoms with Gasteiger partial charge in [-0.25, -0.2) is 4.79 Å². The van der Waals surface area contributed by atoms with Crippen molar-refractivity contribution in [1.82, 2.24) is 10.2 Å². The van der Waals surface area contributed by atoms with Crippen molar-refractivity contribution in [2.45, 2.75) is 33.2 Å². The Balaban J connectivity index is 1.64. The normalized spacial score (nSPS) is 18.3. The highest BCUT2D eigenvalue weighted by Gasteiger charge is 2.39. The minimum Gasteiger partial charge on any atom is -0.497 e. The second-order valence-corrected chi connectivity index (χ2v) is 8.25. The highest BCUT2D eigenvalue weighted by atomic mass is 16.5. The molecule has 166 valence electrons. The van der Waals surface area contributed by atoms with Crippen LogP contribution in [0.2, 0.25) is 0 Å². The molecule has 7 nitrogen and oxygen atoms in total. The highest BCUT2D eigenvalue weighted by molar-refractivity contribution is 5.92. The summed E-state index contributed by atoms with van der Waals surface area (Å²) in [6, 6.07) is 13.1. The molecule has 2 N–H and O–H groups in total. The second-order valence-electron chi connectivity index (χ2n) is 8.25. The van der Waals surface area contributed by atoms with Gasteiger partial charge in [0.15, 0.2) is 0 Å². The number of benzene rings is 2. The van der Waals surface area contributed by atoms with Crippen molar-refractivity contribution < 1.29 is 19.1 Å². The Morgan fingerprint density at radius 1 is 1.10 bits per heavy atom. The maximum absolute atomic E-state index is 13.0. The van der Waals surface area contributed by atoms with Crippen LogP contribution in [0.15, 0.2) is 42.5 Å². The summed E-state index contributed by atoms with van der Waals surface area (Å²) >= 11 is 0. The second kappa shape index (κ2) is 9.73. The molecule has 1 fully saturated rings. The van der Waals surface area contributed by atoms with Crippen LogP contribution >= 0.6 is 0 Å². The number of nitrogens with one attached hydrogen (secondary N) is 2. The fraction of sp³-hybridized carbons (Fsp3) is 0.417. The number of aryl methyl sites for hydroxylation is 1. The number of rotatable bonds is 6. The van der Waals surface area contributed by atoms with E-state index in [4.69, 9.17) is 9.47 Å². The van der Waals surface area contributed by atoms with Gasteiger partial charge in [0.2, 0.25) is 5.91 Å². The van der Waals surface area contributed by atoms with Gasteiger partial charge in [0.05, 0.1) is 25.3 Å². The van der Waals surface area contributed by atoms with Crippen LogP contribution in [0, 0.1) is 12.3 Å². The molecule has 7 heteroatoms. The van der Waals surface area contributed by atoms with E-state index in [1.807, 2.05) is 38.1 Å². The summed E-state index contributed by atoms with van der Waals surface area (Å²) in [7, 11) is 3.12. The van der Waals surface area contributed by atoms with Gasteiger partial charge in [0, 0.05) is 25.7 Å². The zero-order valence-electron chi connectivity index (χ0n) is 18.7. The number of anilines is 1. The molecule has 2 aromatic carbocycles. The van der Waals surface area contributed by atoms with E-state index < -0.39 is 5.41 Å². The molecule has 0 aliphatic carbocycles. The number of amides is 3. The molecular weight excluding hydrogens is 394 g/mol. The lowest BCUT2D eigenvalue weighted by Crippen LogP contribution is -2.52. The maximum atomic E-state index is 13.0. The molecule has 0 bridgehead atoms. The summed E-state index contributed by atoms with van der Waals surface area (Å²) in [6.07, 6.45) is 1.50. The molecule has 31 heavy (non-hydrogen) atoms. The standard InChI is InChI=1S/C24H31N3O4/c1-17-6-8-18(9-7-17)15-25-22(28)24(2)12-5-13-27(16-24)23(29)26-20-14-19(30-3)10-11-21(20)31-4/h6-11,14H,5,12-13,15-16H2,1-4H3,(H,25,28)(H,26,29)/t24-/m1/s1. The van der Waals surface area contributed by atoms with Crippen molar-refractivity contribution in [2.75, 3.05) is 32.6 Å². The minimum absolute atomic E-state index is 0.0375. The molecule has 0 saturated carbocycles. The number of piperidine rings is 1. The van der Waals surface area contributed by atoms with Gasteiger partial charge in [-0.2, -0.15) is 0 Å². The summed E-state index contributed by atoms with van der Waals surface area (Å²) in [4.78, 5) is 27.6. The fourth-order valence-electron chi connectivity index (χ4n) is 3.81. The quantitative estimate of drug-likeness (QED) is 0.734. The molecule has 1 heterocycles. The molecule has 1 atom stereocenters. The number of nitrogens with zero attached hydrogens (tertiary/aromatic N) is 1. The van der Waals surface area contributed by atoms with Crippen molar-refractivity contribution in [3.05, 3.63) is 53.6 Å². The predicted molar refractivity (Wildman–Crippen MR) is 121 cm³/mol. The number of likely N-dealkylation sites (tertiary alicyclic amines) is 1. The summed E-state index contributed by atoms with van der Waals surface area (Å²) in [6.45, 7) is 5.38. The highest BCUT2D eigenvalue weighted by Crippen LogP contribution is 2.32. The van der Waals surface area contributed by atoms with Crippen molar-refractivity contribution in [3.63, 3.8) is 0 Å². The van der Waals surface area contributed by atoms with Gasteiger partial charge in [0.25, 0.3) is 0 Å². The number of methoxy groups -OCH3 is 2. The van der Waals surface area contributed by atoms with Gasteiger partial charge in [-0.1, -0.05) is 29.8 Å². The number of hydrogen-bond donors (Lipinski definition) is 2. The predicted octanol–water partition coefficient (Wildman–Crippen LogP) is 3.96. The van der Waals surface area contributed by atoms with Crippen LogP contribution in [0.4, 0.5) is 10.5 Å². The van der Waals surface area contributed by atoms with Gasteiger partial charge in [0.1, 0.15) is 11.5 Å². The Morgan fingerprint density at radius 2 is 1.84 bits per heavy atom. The molecule has 1 saturated heterocycles. The van der Waals surface area contributed by atoms with Gasteiger partial charge >= 0.3 is 6.03 Å². The maximum Gasteiger partial charge on any atom is 0.321 e. The average molecular weight is 426 g/mol. The zero-order valence-corrected chi connectivity index (χ0v) is 18.7. The van der Waals surface area contributed by atoms with E-state index in [9.17, 15) is 9.59 Å².